The molecule has 1 aromatic carbocycles. The first kappa shape index (κ1) is 16.9. The Morgan fingerprint density at radius 1 is 1.29 bits per heavy atom. The predicted octanol–water partition coefficient (Wildman–Crippen LogP) is 1.11. The number of rotatable bonds is 3. The smallest absolute Gasteiger partial charge is 0.328 e. The topological polar surface area (TPSA) is 87.1 Å². The van der Waals surface area contributed by atoms with Crippen LogP contribution in [0.25, 0.3) is 0 Å². The van der Waals surface area contributed by atoms with Crippen molar-refractivity contribution in [1.29, 1.82) is 0 Å². The summed E-state index contributed by atoms with van der Waals surface area (Å²) in [5, 5.41) is 9.26. The van der Waals surface area contributed by atoms with E-state index in [4.69, 9.17) is 4.74 Å². The number of hydrogen-bond acceptors (Lipinski definition) is 4. The van der Waals surface area contributed by atoms with Crippen molar-refractivity contribution in [2.45, 2.75) is 12.5 Å². The van der Waals surface area contributed by atoms with E-state index in [-0.39, 0.29) is 37.9 Å². The van der Waals surface area contributed by atoms with E-state index in [1.54, 1.807) is 4.90 Å². The quantitative estimate of drug-likeness (QED) is 0.826. The molecular weight excluding hydrogens is 380 g/mol. The number of amides is 2. The molecule has 2 fully saturated rings. The molecule has 2 aliphatic rings. The lowest BCUT2D eigenvalue weighted by molar-refractivity contribution is -0.160. The number of nitrogens with zero attached hydrogens (tertiary/aromatic N) is 2. The molecule has 0 saturated carbocycles. The van der Waals surface area contributed by atoms with Crippen molar-refractivity contribution in [3.8, 4) is 0 Å². The fourth-order valence-electron chi connectivity index (χ4n) is 3.08. The molecule has 1 N–H and O–H groups in total. The Balaban J connectivity index is 1.76. The van der Waals surface area contributed by atoms with Crippen LogP contribution in [-0.4, -0.2) is 60.1 Å². The molecule has 0 spiro atoms. The monoisotopic (exact) mass is 396 g/mol. The first-order chi connectivity index (χ1) is 11.5. The van der Waals surface area contributed by atoms with E-state index >= 15 is 0 Å². The number of morpholine rings is 1. The highest BCUT2D eigenvalue weighted by atomic mass is 79.9. The van der Waals surface area contributed by atoms with Crippen LogP contribution >= 0.6 is 15.9 Å². The van der Waals surface area contributed by atoms with Gasteiger partial charge in [0.05, 0.1) is 24.8 Å². The highest BCUT2D eigenvalue weighted by Crippen LogP contribution is 2.32. The van der Waals surface area contributed by atoms with Crippen LogP contribution in [0.4, 0.5) is 5.69 Å². The van der Waals surface area contributed by atoms with Crippen LogP contribution in [0.2, 0.25) is 0 Å². The summed E-state index contributed by atoms with van der Waals surface area (Å²) in [7, 11) is 0. The number of anilines is 1. The molecule has 0 aliphatic carbocycles. The molecule has 2 saturated heterocycles. The third-order valence-electron chi connectivity index (χ3n) is 4.31. The van der Waals surface area contributed by atoms with Crippen LogP contribution in [0.3, 0.4) is 0 Å². The number of hydrogen-bond donors (Lipinski definition) is 1. The zero-order chi connectivity index (χ0) is 17.3. The third-order valence-corrected chi connectivity index (χ3v) is 4.98. The molecule has 2 aliphatic heterocycles. The van der Waals surface area contributed by atoms with Gasteiger partial charge in [-0.2, -0.15) is 0 Å². The van der Waals surface area contributed by atoms with Gasteiger partial charge in [-0.1, -0.05) is 12.1 Å². The minimum absolute atomic E-state index is 0.0182. The molecule has 0 radical (unpaired) electrons. The van der Waals surface area contributed by atoms with Crippen molar-refractivity contribution in [3.05, 3.63) is 28.7 Å². The Morgan fingerprint density at radius 2 is 2.04 bits per heavy atom. The van der Waals surface area contributed by atoms with Crippen molar-refractivity contribution in [2.75, 3.05) is 31.2 Å². The second-order valence-corrected chi connectivity index (χ2v) is 6.67. The zero-order valence-electron chi connectivity index (χ0n) is 12.9. The Hall–Kier alpha value is -1.93. The van der Waals surface area contributed by atoms with Gasteiger partial charge in [0.25, 0.3) is 0 Å². The van der Waals surface area contributed by atoms with Gasteiger partial charge in [-0.25, -0.2) is 4.79 Å². The Labute approximate surface area is 147 Å². The van der Waals surface area contributed by atoms with Crippen molar-refractivity contribution in [3.63, 3.8) is 0 Å². The van der Waals surface area contributed by atoms with Crippen molar-refractivity contribution < 1.29 is 24.2 Å². The highest BCUT2D eigenvalue weighted by molar-refractivity contribution is 9.10. The largest absolute Gasteiger partial charge is 0.480 e. The van der Waals surface area contributed by atoms with E-state index in [1.165, 1.54) is 4.90 Å². The molecule has 0 unspecified atom stereocenters. The maximum atomic E-state index is 12.7. The first-order valence-electron chi connectivity index (χ1n) is 7.65. The number of ether oxygens (including phenoxy) is 1. The average molecular weight is 397 g/mol. The minimum atomic E-state index is -1.09. The predicted molar refractivity (Wildman–Crippen MR) is 88.6 cm³/mol. The molecule has 1 aromatic rings. The summed E-state index contributed by atoms with van der Waals surface area (Å²) in [5.41, 5.74) is 0.717. The molecule has 128 valence electrons. The van der Waals surface area contributed by atoms with Crippen LogP contribution in [0.15, 0.2) is 28.7 Å². The van der Waals surface area contributed by atoms with Crippen molar-refractivity contribution in [1.82, 2.24) is 4.90 Å². The van der Waals surface area contributed by atoms with Gasteiger partial charge in [0, 0.05) is 24.0 Å². The number of carbonyl (C=O) groups excluding carboxylic acids is 2. The fourth-order valence-corrected chi connectivity index (χ4v) is 3.58. The maximum Gasteiger partial charge on any atom is 0.328 e. The van der Waals surface area contributed by atoms with Gasteiger partial charge in [0.1, 0.15) is 0 Å². The summed E-state index contributed by atoms with van der Waals surface area (Å²) in [6, 6.07) is 6.33. The molecule has 0 bridgehead atoms. The molecule has 8 heteroatoms. The Kier molecular flexibility index (Phi) is 4.86. The number of aliphatic carboxylic acids is 1. The van der Waals surface area contributed by atoms with E-state index in [2.05, 4.69) is 15.9 Å². The lowest BCUT2D eigenvalue weighted by atomic mass is 10.1. The Bertz CT molecular complexity index is 680. The summed E-state index contributed by atoms with van der Waals surface area (Å²) in [4.78, 5) is 39.3. The maximum absolute atomic E-state index is 12.7. The molecular formula is C16H17BrN2O5. The number of halogens is 1. The highest BCUT2D eigenvalue weighted by Gasteiger charge is 2.41. The number of carboxylic acid groups (broad SMARTS) is 1. The van der Waals surface area contributed by atoms with E-state index in [9.17, 15) is 19.5 Å². The van der Waals surface area contributed by atoms with Gasteiger partial charge in [0.2, 0.25) is 11.8 Å². The molecule has 2 amide bonds. The zero-order valence-corrected chi connectivity index (χ0v) is 14.4. The molecule has 24 heavy (non-hydrogen) atoms. The van der Waals surface area contributed by atoms with Crippen LogP contribution < -0.4 is 4.90 Å². The van der Waals surface area contributed by atoms with Crippen molar-refractivity contribution in [2.24, 2.45) is 5.92 Å². The van der Waals surface area contributed by atoms with Gasteiger partial charge in [-0.05, 0) is 28.1 Å². The van der Waals surface area contributed by atoms with E-state index in [1.807, 2.05) is 24.3 Å². The van der Waals surface area contributed by atoms with E-state index in [0.717, 1.165) is 10.2 Å². The van der Waals surface area contributed by atoms with Gasteiger partial charge in [0.15, 0.2) is 6.04 Å². The lowest BCUT2D eigenvalue weighted by Gasteiger charge is -2.34. The van der Waals surface area contributed by atoms with Crippen LogP contribution in [0.1, 0.15) is 6.42 Å². The summed E-state index contributed by atoms with van der Waals surface area (Å²) in [6.07, 6.45) is 0.0872. The molecule has 3 rings (SSSR count). The SMILES string of the molecule is O=C(O)[C@@H]1COCCN1C(=O)[C@@H]1CC(=O)N(c2ccccc2Br)C1. The normalized spacial score (nSPS) is 24.3. The lowest BCUT2D eigenvalue weighted by Crippen LogP contribution is -2.54. The summed E-state index contributed by atoms with van der Waals surface area (Å²) < 4.78 is 5.93. The molecule has 7 nitrogen and oxygen atoms in total. The third kappa shape index (κ3) is 3.16. The number of para-hydroxylation sites is 1. The molecule has 0 aromatic heterocycles. The summed E-state index contributed by atoms with van der Waals surface area (Å²) >= 11 is 3.41. The minimum Gasteiger partial charge on any atom is -0.480 e. The van der Waals surface area contributed by atoms with Crippen LogP contribution in [0.5, 0.6) is 0 Å². The van der Waals surface area contributed by atoms with Gasteiger partial charge in [-0.15, -0.1) is 0 Å². The van der Waals surface area contributed by atoms with Crippen LogP contribution in [-0.2, 0) is 19.1 Å². The van der Waals surface area contributed by atoms with Gasteiger partial charge < -0.3 is 19.6 Å². The van der Waals surface area contributed by atoms with Crippen molar-refractivity contribution >= 4 is 39.4 Å². The van der Waals surface area contributed by atoms with E-state index in [0.29, 0.717) is 6.61 Å². The number of carbonyl (C=O) groups is 3. The fraction of sp³-hybridized carbons (Fsp3) is 0.438. The number of carboxylic acids is 1. The second kappa shape index (κ2) is 6.90. The number of benzene rings is 1. The molecule has 2 heterocycles. The van der Waals surface area contributed by atoms with Gasteiger partial charge in [-0.3, -0.25) is 9.59 Å². The van der Waals surface area contributed by atoms with Gasteiger partial charge >= 0.3 is 5.97 Å². The van der Waals surface area contributed by atoms with E-state index < -0.39 is 17.9 Å². The summed E-state index contributed by atoms with van der Waals surface area (Å²) in [6.45, 7) is 0.777. The average Bonchev–Trinajstić information content (AvgIpc) is 2.96. The summed E-state index contributed by atoms with van der Waals surface area (Å²) in [5.74, 6) is -2.06. The van der Waals surface area contributed by atoms with Crippen LogP contribution in [0, 0.1) is 5.92 Å². The standard InChI is InChI=1S/C16H17BrN2O5/c17-11-3-1-2-4-12(11)19-8-10(7-14(19)20)15(21)18-5-6-24-9-13(18)16(22)23/h1-4,10,13H,5-9H2,(H,22,23)/t10-,13+/m1/s1. The Morgan fingerprint density at radius 3 is 2.75 bits per heavy atom. The molecule has 2 atom stereocenters. The second-order valence-electron chi connectivity index (χ2n) is 5.82. The first-order valence-corrected chi connectivity index (χ1v) is 8.44.